The van der Waals surface area contributed by atoms with Crippen LogP contribution in [0.2, 0.25) is 0 Å². The van der Waals surface area contributed by atoms with Gasteiger partial charge in [-0.2, -0.15) is 5.10 Å². The first kappa shape index (κ1) is 21.1. The summed E-state index contributed by atoms with van der Waals surface area (Å²) in [5.74, 6) is 0.713. The minimum Gasteiger partial charge on any atom is -0.496 e. The summed E-state index contributed by atoms with van der Waals surface area (Å²) in [5.41, 5.74) is 1.30. The number of carbonyl (C=O) groups excluding carboxylic acids is 1. The Kier molecular flexibility index (Phi) is 5.81. The topological polar surface area (TPSA) is 85.6 Å². The van der Waals surface area contributed by atoms with Crippen LogP contribution in [-0.4, -0.2) is 69.9 Å². The summed E-state index contributed by atoms with van der Waals surface area (Å²) in [6.45, 7) is 8.17. The third kappa shape index (κ3) is 4.79. The average Bonchev–Trinajstić information content (AvgIpc) is 3.44. The molecule has 1 saturated heterocycles. The summed E-state index contributed by atoms with van der Waals surface area (Å²) in [7, 11) is 1.64. The number of hydrogen-bond acceptors (Lipinski definition) is 8. The van der Waals surface area contributed by atoms with Gasteiger partial charge in [-0.3, -0.25) is 0 Å². The van der Waals surface area contributed by atoms with Crippen molar-refractivity contribution in [2.45, 2.75) is 26.4 Å². The molecule has 0 atom stereocenters. The molecule has 0 unspecified atom stereocenters. The number of anilines is 1. The Bertz CT molecular complexity index is 1040. The number of benzene rings is 1. The highest BCUT2D eigenvalue weighted by Crippen LogP contribution is 2.36. The average molecular weight is 443 g/mol. The molecule has 3 aromatic rings. The highest BCUT2D eigenvalue weighted by atomic mass is 32.1. The Balaban J connectivity index is 1.45. The van der Waals surface area contributed by atoms with E-state index in [1.54, 1.807) is 22.9 Å². The van der Waals surface area contributed by atoms with Crippen molar-refractivity contribution in [1.82, 2.24) is 24.9 Å². The van der Waals surface area contributed by atoms with Crippen molar-refractivity contribution in [3.63, 3.8) is 0 Å². The van der Waals surface area contributed by atoms with E-state index < -0.39 is 5.60 Å². The number of aromatic nitrogens is 4. The van der Waals surface area contributed by atoms with Gasteiger partial charge in [0.15, 0.2) is 5.01 Å². The zero-order chi connectivity index (χ0) is 22.0. The molecular formula is C21H26N6O3S. The van der Waals surface area contributed by atoms with E-state index in [1.165, 1.54) is 11.3 Å². The molecule has 1 fully saturated rings. The number of methoxy groups -OCH3 is 1. The molecule has 1 aliphatic rings. The third-order valence-electron chi connectivity index (χ3n) is 4.80. The Labute approximate surface area is 185 Å². The van der Waals surface area contributed by atoms with Crippen LogP contribution >= 0.6 is 11.3 Å². The van der Waals surface area contributed by atoms with Gasteiger partial charge in [-0.05, 0) is 39.0 Å². The van der Waals surface area contributed by atoms with Crippen molar-refractivity contribution in [1.29, 1.82) is 0 Å². The SMILES string of the molecule is COc1cc(-n2cccn2)ccc1-c1nnc(N2CCN(C(=O)OC(C)(C)C)CC2)s1. The van der Waals surface area contributed by atoms with Crippen molar-refractivity contribution in [2.24, 2.45) is 0 Å². The molecule has 2 aromatic heterocycles. The third-order valence-corrected chi connectivity index (χ3v) is 5.82. The number of amides is 1. The van der Waals surface area contributed by atoms with Crippen molar-refractivity contribution in [2.75, 3.05) is 38.2 Å². The van der Waals surface area contributed by atoms with Crippen molar-refractivity contribution < 1.29 is 14.3 Å². The van der Waals surface area contributed by atoms with E-state index in [4.69, 9.17) is 9.47 Å². The summed E-state index contributed by atoms with van der Waals surface area (Å²) in [5, 5.41) is 14.6. The van der Waals surface area contributed by atoms with Crippen molar-refractivity contribution >= 4 is 22.6 Å². The largest absolute Gasteiger partial charge is 0.496 e. The molecule has 0 saturated carbocycles. The van der Waals surface area contributed by atoms with Crippen LogP contribution in [-0.2, 0) is 4.74 Å². The predicted molar refractivity (Wildman–Crippen MR) is 119 cm³/mol. The van der Waals surface area contributed by atoms with Crippen molar-refractivity contribution in [3.05, 3.63) is 36.7 Å². The zero-order valence-corrected chi connectivity index (χ0v) is 18.9. The minimum atomic E-state index is -0.492. The lowest BCUT2D eigenvalue weighted by atomic mass is 10.2. The second-order valence-corrected chi connectivity index (χ2v) is 9.14. The molecular weight excluding hydrogens is 416 g/mol. The molecule has 164 valence electrons. The molecule has 1 aromatic carbocycles. The molecule has 0 bridgehead atoms. The number of carbonyl (C=O) groups is 1. The standard InChI is InChI=1S/C21H26N6O3S/c1-21(2,3)30-20(28)26-12-10-25(11-13-26)19-24-23-18(31-19)16-7-6-15(14-17(16)29-4)27-9-5-8-22-27/h5-9,14H,10-13H2,1-4H3. The van der Waals surface area contributed by atoms with E-state index in [0.717, 1.165) is 21.4 Å². The second kappa shape index (κ2) is 8.54. The Morgan fingerprint density at radius 1 is 1.13 bits per heavy atom. The fourth-order valence-corrected chi connectivity index (χ4v) is 4.21. The van der Waals surface area contributed by atoms with E-state index >= 15 is 0 Å². The van der Waals surface area contributed by atoms with Crippen LogP contribution in [0.3, 0.4) is 0 Å². The van der Waals surface area contributed by atoms with Crippen LogP contribution in [0.15, 0.2) is 36.7 Å². The quantitative estimate of drug-likeness (QED) is 0.612. The van der Waals surface area contributed by atoms with E-state index in [1.807, 2.05) is 51.2 Å². The van der Waals surface area contributed by atoms with Crippen LogP contribution < -0.4 is 9.64 Å². The maximum absolute atomic E-state index is 12.3. The van der Waals surface area contributed by atoms with Gasteiger partial charge in [0.25, 0.3) is 0 Å². The normalized spacial score (nSPS) is 14.6. The lowest BCUT2D eigenvalue weighted by molar-refractivity contribution is 0.0240. The molecule has 10 heteroatoms. The maximum Gasteiger partial charge on any atom is 0.410 e. The Hall–Kier alpha value is -3.14. The van der Waals surface area contributed by atoms with Crippen molar-refractivity contribution in [3.8, 4) is 22.0 Å². The van der Waals surface area contributed by atoms with Crippen LogP contribution in [0, 0.1) is 0 Å². The first-order chi connectivity index (χ1) is 14.8. The first-order valence-electron chi connectivity index (χ1n) is 10.1. The molecule has 0 spiro atoms. The highest BCUT2D eigenvalue weighted by molar-refractivity contribution is 7.18. The maximum atomic E-state index is 12.3. The van der Waals surface area contributed by atoms with Gasteiger partial charge in [-0.15, -0.1) is 10.2 Å². The Morgan fingerprint density at radius 3 is 2.55 bits per heavy atom. The van der Waals surface area contributed by atoms with Crippen LogP contribution in [0.1, 0.15) is 20.8 Å². The summed E-state index contributed by atoms with van der Waals surface area (Å²) < 4.78 is 12.8. The molecule has 1 amide bonds. The van der Waals surface area contributed by atoms with Gasteiger partial charge < -0.3 is 19.3 Å². The number of piperazine rings is 1. The van der Waals surface area contributed by atoms with E-state index in [0.29, 0.717) is 31.9 Å². The molecule has 31 heavy (non-hydrogen) atoms. The van der Waals surface area contributed by atoms with E-state index in [9.17, 15) is 4.79 Å². The lowest BCUT2D eigenvalue weighted by Crippen LogP contribution is -2.50. The molecule has 0 radical (unpaired) electrons. The predicted octanol–water partition coefficient (Wildman–Crippen LogP) is 3.46. The van der Waals surface area contributed by atoms with Gasteiger partial charge in [0.1, 0.15) is 11.4 Å². The minimum absolute atomic E-state index is 0.271. The first-order valence-corrected chi connectivity index (χ1v) is 10.9. The summed E-state index contributed by atoms with van der Waals surface area (Å²) in [6, 6.07) is 7.76. The number of rotatable bonds is 4. The molecule has 1 aliphatic heterocycles. The lowest BCUT2D eigenvalue weighted by Gasteiger charge is -2.35. The summed E-state index contributed by atoms with van der Waals surface area (Å²) in [6.07, 6.45) is 3.35. The molecule has 0 N–H and O–H groups in total. The van der Waals surface area contributed by atoms with Crippen LogP contribution in [0.5, 0.6) is 5.75 Å². The fourth-order valence-electron chi connectivity index (χ4n) is 3.28. The molecule has 3 heterocycles. The number of nitrogens with zero attached hydrogens (tertiary/aromatic N) is 6. The summed E-state index contributed by atoms with van der Waals surface area (Å²) >= 11 is 1.51. The summed E-state index contributed by atoms with van der Waals surface area (Å²) in [4.78, 5) is 16.2. The van der Waals surface area contributed by atoms with Gasteiger partial charge in [-0.1, -0.05) is 11.3 Å². The second-order valence-electron chi connectivity index (χ2n) is 8.18. The smallest absolute Gasteiger partial charge is 0.410 e. The highest BCUT2D eigenvalue weighted by Gasteiger charge is 2.27. The van der Waals surface area contributed by atoms with Gasteiger partial charge >= 0.3 is 6.09 Å². The van der Waals surface area contributed by atoms with Gasteiger partial charge in [-0.25, -0.2) is 9.48 Å². The molecule has 4 rings (SSSR count). The molecule has 9 nitrogen and oxygen atoms in total. The van der Waals surface area contributed by atoms with Gasteiger partial charge in [0.05, 0.1) is 18.4 Å². The number of ether oxygens (including phenoxy) is 2. The van der Waals surface area contributed by atoms with Crippen LogP contribution in [0.25, 0.3) is 16.3 Å². The van der Waals surface area contributed by atoms with E-state index in [2.05, 4.69) is 20.2 Å². The number of hydrogen-bond donors (Lipinski definition) is 0. The fraction of sp³-hybridized carbons (Fsp3) is 0.429. The monoisotopic (exact) mass is 442 g/mol. The molecule has 0 aliphatic carbocycles. The van der Waals surface area contributed by atoms with Crippen LogP contribution in [0.4, 0.5) is 9.93 Å². The van der Waals surface area contributed by atoms with E-state index in [-0.39, 0.29) is 6.09 Å². The van der Waals surface area contributed by atoms with Gasteiger partial charge in [0.2, 0.25) is 5.13 Å². The zero-order valence-electron chi connectivity index (χ0n) is 18.1. The Morgan fingerprint density at radius 2 is 1.90 bits per heavy atom. The van der Waals surface area contributed by atoms with Gasteiger partial charge in [0, 0.05) is 44.6 Å².